The predicted octanol–water partition coefficient (Wildman–Crippen LogP) is 2.54. The number of nitrogens with zero attached hydrogens (tertiary/aromatic N) is 1. The van der Waals surface area contributed by atoms with Crippen molar-refractivity contribution in [2.45, 2.75) is 12.2 Å². The summed E-state index contributed by atoms with van der Waals surface area (Å²) >= 11 is 5.47. The van der Waals surface area contributed by atoms with Crippen molar-refractivity contribution in [3.8, 4) is 11.6 Å². The largest absolute Gasteiger partial charge is 0.573 e. The Morgan fingerprint density at radius 2 is 2.18 bits per heavy atom. The Morgan fingerprint density at radius 1 is 1.53 bits per heavy atom. The first kappa shape index (κ1) is 13.6. The Bertz CT molecular complexity index is 423. The summed E-state index contributed by atoms with van der Waals surface area (Å²) in [5, 5.41) is 0. The average Bonchev–Trinajstić information content (AvgIpc) is 2.26. The fraction of sp³-hybridized carbons (Fsp3) is 0.333. The zero-order valence-corrected chi connectivity index (χ0v) is 9.30. The normalized spacial score (nSPS) is 11.1. The lowest BCUT2D eigenvalue weighted by Gasteiger charge is -2.14. The standard InChI is InChI=1S/C9H7ClF3NO3/c1-16-8-7(17-9(11,12)13)6(4-15)5(2-10)3-14-8/h3-4H,2H2,1H3. The lowest BCUT2D eigenvalue weighted by molar-refractivity contribution is -0.275. The van der Waals surface area contributed by atoms with Crippen LogP contribution < -0.4 is 9.47 Å². The third-order valence-electron chi connectivity index (χ3n) is 1.80. The van der Waals surface area contributed by atoms with E-state index in [2.05, 4.69) is 14.5 Å². The van der Waals surface area contributed by atoms with E-state index in [0.717, 1.165) is 13.3 Å². The number of alkyl halides is 4. The number of hydrogen-bond donors (Lipinski definition) is 0. The topological polar surface area (TPSA) is 48.4 Å². The van der Waals surface area contributed by atoms with Crippen LogP contribution in [-0.2, 0) is 5.88 Å². The zero-order valence-electron chi connectivity index (χ0n) is 8.55. The summed E-state index contributed by atoms with van der Waals surface area (Å²) in [5.74, 6) is -1.38. The van der Waals surface area contributed by atoms with Crippen LogP contribution in [0.15, 0.2) is 6.20 Å². The molecule has 1 rings (SSSR count). The molecule has 0 aliphatic heterocycles. The summed E-state index contributed by atoms with van der Waals surface area (Å²) in [7, 11) is 1.11. The summed E-state index contributed by atoms with van der Waals surface area (Å²) in [6.45, 7) is 0. The van der Waals surface area contributed by atoms with E-state index >= 15 is 0 Å². The van der Waals surface area contributed by atoms with Crippen LogP contribution in [0.5, 0.6) is 11.6 Å². The van der Waals surface area contributed by atoms with Gasteiger partial charge in [0.25, 0.3) is 5.88 Å². The zero-order chi connectivity index (χ0) is 13.1. The lowest BCUT2D eigenvalue weighted by atomic mass is 10.1. The molecule has 0 aromatic carbocycles. The van der Waals surface area contributed by atoms with Crippen LogP contribution in [0.3, 0.4) is 0 Å². The minimum atomic E-state index is -4.95. The highest BCUT2D eigenvalue weighted by molar-refractivity contribution is 6.17. The van der Waals surface area contributed by atoms with Gasteiger partial charge in [-0.1, -0.05) is 0 Å². The highest BCUT2D eigenvalue weighted by Crippen LogP contribution is 2.35. The Morgan fingerprint density at radius 3 is 2.59 bits per heavy atom. The molecule has 4 nitrogen and oxygen atoms in total. The molecule has 17 heavy (non-hydrogen) atoms. The molecule has 0 unspecified atom stereocenters. The smallest absolute Gasteiger partial charge is 0.478 e. The minimum absolute atomic E-state index is 0.127. The molecular formula is C9H7ClF3NO3. The van der Waals surface area contributed by atoms with E-state index < -0.39 is 18.0 Å². The lowest BCUT2D eigenvalue weighted by Crippen LogP contribution is -2.19. The third-order valence-corrected chi connectivity index (χ3v) is 2.08. The van der Waals surface area contributed by atoms with E-state index in [0.29, 0.717) is 0 Å². The van der Waals surface area contributed by atoms with Crippen LogP contribution in [-0.4, -0.2) is 24.7 Å². The van der Waals surface area contributed by atoms with Gasteiger partial charge >= 0.3 is 6.36 Å². The van der Waals surface area contributed by atoms with Crippen LogP contribution >= 0.6 is 11.6 Å². The fourth-order valence-corrected chi connectivity index (χ4v) is 1.33. The third kappa shape index (κ3) is 3.23. The van der Waals surface area contributed by atoms with E-state index in [9.17, 15) is 18.0 Å². The quantitative estimate of drug-likeness (QED) is 0.622. The van der Waals surface area contributed by atoms with E-state index in [4.69, 9.17) is 11.6 Å². The van der Waals surface area contributed by atoms with Crippen LogP contribution in [0.25, 0.3) is 0 Å². The number of aromatic nitrogens is 1. The number of halogens is 4. The Labute approximate surface area is 99.3 Å². The van der Waals surface area contributed by atoms with Gasteiger partial charge in [-0.3, -0.25) is 4.79 Å². The van der Waals surface area contributed by atoms with Crippen molar-refractivity contribution in [2.75, 3.05) is 7.11 Å². The van der Waals surface area contributed by atoms with Crippen LogP contribution in [0.2, 0.25) is 0 Å². The molecule has 0 amide bonds. The number of pyridine rings is 1. The SMILES string of the molecule is COc1ncc(CCl)c(C=O)c1OC(F)(F)F. The molecule has 0 atom stereocenters. The second kappa shape index (κ2) is 5.22. The van der Waals surface area contributed by atoms with Crippen molar-refractivity contribution in [3.05, 3.63) is 17.3 Å². The molecule has 0 aliphatic carbocycles. The van der Waals surface area contributed by atoms with E-state index in [1.54, 1.807) is 0 Å². The summed E-state index contributed by atoms with van der Waals surface area (Å²) in [6, 6.07) is 0. The van der Waals surface area contributed by atoms with Crippen molar-refractivity contribution in [3.63, 3.8) is 0 Å². The van der Waals surface area contributed by atoms with Gasteiger partial charge in [-0.15, -0.1) is 24.8 Å². The van der Waals surface area contributed by atoms with Crippen molar-refractivity contribution in [2.24, 2.45) is 0 Å². The highest BCUT2D eigenvalue weighted by atomic mass is 35.5. The second-order valence-electron chi connectivity index (χ2n) is 2.83. The monoisotopic (exact) mass is 269 g/mol. The van der Waals surface area contributed by atoms with Crippen molar-refractivity contribution in [1.82, 2.24) is 4.98 Å². The molecule has 8 heteroatoms. The van der Waals surface area contributed by atoms with Crippen LogP contribution in [0, 0.1) is 0 Å². The van der Waals surface area contributed by atoms with Crippen molar-refractivity contribution >= 4 is 17.9 Å². The van der Waals surface area contributed by atoms with Gasteiger partial charge in [-0.25, -0.2) is 4.98 Å². The first-order chi connectivity index (χ1) is 7.92. The number of rotatable bonds is 4. The summed E-state index contributed by atoms with van der Waals surface area (Å²) < 4.78 is 44.8. The molecule has 0 N–H and O–H groups in total. The molecule has 1 aromatic heterocycles. The Hall–Kier alpha value is -1.50. The Balaban J connectivity index is 3.35. The van der Waals surface area contributed by atoms with Gasteiger partial charge in [-0.05, 0) is 5.56 Å². The van der Waals surface area contributed by atoms with E-state index in [-0.39, 0.29) is 23.3 Å². The highest BCUT2D eigenvalue weighted by Gasteiger charge is 2.34. The maximum atomic E-state index is 12.2. The predicted molar refractivity (Wildman–Crippen MR) is 52.4 cm³/mol. The van der Waals surface area contributed by atoms with E-state index in [1.165, 1.54) is 0 Å². The molecule has 0 bridgehead atoms. The Kier molecular flexibility index (Phi) is 4.17. The molecule has 0 fully saturated rings. The number of carbonyl (C=O) groups excluding carboxylic acids is 1. The molecule has 1 heterocycles. The fourth-order valence-electron chi connectivity index (χ4n) is 1.12. The average molecular weight is 270 g/mol. The number of carbonyl (C=O) groups is 1. The summed E-state index contributed by atoms with van der Waals surface area (Å²) in [6.07, 6.45) is -3.58. The summed E-state index contributed by atoms with van der Waals surface area (Å²) in [5.41, 5.74) is -0.203. The number of ether oxygens (including phenoxy) is 2. The molecule has 0 radical (unpaired) electrons. The molecule has 1 aromatic rings. The molecular weight excluding hydrogens is 263 g/mol. The molecule has 0 aliphatic rings. The molecule has 0 saturated heterocycles. The molecule has 0 spiro atoms. The van der Waals surface area contributed by atoms with Gasteiger partial charge in [0.15, 0.2) is 6.29 Å². The van der Waals surface area contributed by atoms with Crippen LogP contribution in [0.1, 0.15) is 15.9 Å². The van der Waals surface area contributed by atoms with Gasteiger partial charge in [-0.2, -0.15) is 0 Å². The van der Waals surface area contributed by atoms with Crippen LogP contribution in [0.4, 0.5) is 13.2 Å². The van der Waals surface area contributed by atoms with Gasteiger partial charge in [0.2, 0.25) is 5.75 Å². The van der Waals surface area contributed by atoms with Gasteiger partial charge < -0.3 is 9.47 Å². The van der Waals surface area contributed by atoms with Crippen molar-refractivity contribution in [1.29, 1.82) is 0 Å². The molecule has 0 saturated carbocycles. The first-order valence-electron chi connectivity index (χ1n) is 4.25. The van der Waals surface area contributed by atoms with Gasteiger partial charge in [0.05, 0.1) is 12.7 Å². The maximum absolute atomic E-state index is 12.2. The second-order valence-corrected chi connectivity index (χ2v) is 3.10. The minimum Gasteiger partial charge on any atom is -0.478 e. The van der Waals surface area contributed by atoms with Crippen molar-refractivity contribution < 1.29 is 27.4 Å². The van der Waals surface area contributed by atoms with E-state index in [1.807, 2.05) is 0 Å². The first-order valence-corrected chi connectivity index (χ1v) is 4.79. The summed E-state index contributed by atoms with van der Waals surface area (Å²) in [4.78, 5) is 14.3. The van der Waals surface area contributed by atoms with Gasteiger partial charge in [0.1, 0.15) is 0 Å². The number of methoxy groups -OCH3 is 1. The number of hydrogen-bond acceptors (Lipinski definition) is 4. The molecule has 94 valence electrons. The van der Waals surface area contributed by atoms with Gasteiger partial charge in [0, 0.05) is 12.1 Å². The number of aldehydes is 1. The maximum Gasteiger partial charge on any atom is 0.573 e.